The van der Waals surface area contributed by atoms with E-state index in [1.54, 1.807) is 29.4 Å². The van der Waals surface area contributed by atoms with Crippen molar-refractivity contribution < 1.29 is 0 Å². The van der Waals surface area contributed by atoms with Gasteiger partial charge < -0.3 is 0 Å². The molecule has 0 saturated heterocycles. The predicted octanol–water partition coefficient (Wildman–Crippen LogP) is 3.90. The van der Waals surface area contributed by atoms with Crippen LogP contribution in [0.25, 0.3) is 5.69 Å². The summed E-state index contributed by atoms with van der Waals surface area (Å²) in [6, 6.07) is 6.38. The van der Waals surface area contributed by atoms with Crippen molar-refractivity contribution in [3.05, 3.63) is 45.7 Å². The molecule has 0 radical (unpaired) electrons. The van der Waals surface area contributed by atoms with Crippen LogP contribution in [0.1, 0.15) is 33.3 Å². The molecule has 2 aromatic heterocycles. The Kier molecular flexibility index (Phi) is 4.26. The Balaban J connectivity index is 1.89. The highest BCUT2D eigenvalue weighted by Crippen LogP contribution is 2.36. The maximum Gasteiger partial charge on any atom is 0.196 e. The second-order valence-electron chi connectivity index (χ2n) is 5.19. The first-order chi connectivity index (χ1) is 10.5. The Hall–Kier alpha value is -1.73. The highest BCUT2D eigenvalue weighted by Gasteiger charge is 2.17. The van der Waals surface area contributed by atoms with E-state index in [4.69, 9.17) is 0 Å². The van der Waals surface area contributed by atoms with E-state index in [1.807, 2.05) is 11.5 Å². The molecule has 3 rings (SSSR count). The van der Waals surface area contributed by atoms with E-state index < -0.39 is 0 Å². The zero-order chi connectivity index (χ0) is 15.7. The average molecular weight is 331 g/mol. The van der Waals surface area contributed by atoms with Gasteiger partial charge in [-0.05, 0) is 39.3 Å². The van der Waals surface area contributed by atoms with E-state index in [-0.39, 0.29) is 5.25 Å². The maximum absolute atomic E-state index is 4.26. The van der Waals surface area contributed by atoms with Gasteiger partial charge in [0, 0.05) is 0 Å². The van der Waals surface area contributed by atoms with Gasteiger partial charge in [0.1, 0.15) is 16.3 Å². The second kappa shape index (κ2) is 6.18. The Labute approximate surface area is 137 Å². The van der Waals surface area contributed by atoms with E-state index in [0.717, 1.165) is 20.9 Å². The minimum atomic E-state index is 0.194. The predicted molar refractivity (Wildman–Crippen MR) is 89.8 cm³/mol. The van der Waals surface area contributed by atoms with E-state index >= 15 is 0 Å². The standard InChI is InChI=1S/C15H17N5S2/c1-9-5-6-13(10(2)7-9)20-8-16-19-15(20)21-11(3)14-18-17-12(4)22-14/h5-8,11H,1-4H3. The van der Waals surface area contributed by atoms with Crippen molar-refractivity contribution in [2.45, 2.75) is 38.1 Å². The maximum atomic E-state index is 4.26. The van der Waals surface area contributed by atoms with Crippen molar-refractivity contribution in [3.8, 4) is 5.69 Å². The van der Waals surface area contributed by atoms with Crippen LogP contribution in [-0.2, 0) is 0 Å². The molecule has 7 heteroatoms. The molecule has 2 heterocycles. The molecule has 0 aliphatic carbocycles. The molecule has 0 amide bonds. The fourth-order valence-electron chi connectivity index (χ4n) is 2.23. The molecule has 114 valence electrons. The Morgan fingerprint density at radius 3 is 2.64 bits per heavy atom. The zero-order valence-electron chi connectivity index (χ0n) is 12.9. The van der Waals surface area contributed by atoms with E-state index in [0.29, 0.717) is 0 Å². The van der Waals surface area contributed by atoms with Gasteiger partial charge in [0.05, 0.1) is 10.9 Å². The van der Waals surface area contributed by atoms with Crippen LogP contribution >= 0.6 is 23.1 Å². The fraction of sp³-hybridized carbons (Fsp3) is 0.333. The van der Waals surface area contributed by atoms with Crippen molar-refractivity contribution in [2.24, 2.45) is 0 Å². The SMILES string of the molecule is Cc1ccc(-n2cnnc2SC(C)c2nnc(C)s2)c(C)c1. The lowest BCUT2D eigenvalue weighted by atomic mass is 10.1. The summed E-state index contributed by atoms with van der Waals surface area (Å²) in [5.74, 6) is 0. The normalized spacial score (nSPS) is 12.5. The topological polar surface area (TPSA) is 56.5 Å². The lowest BCUT2D eigenvalue weighted by Gasteiger charge is -2.12. The van der Waals surface area contributed by atoms with Crippen LogP contribution in [-0.4, -0.2) is 25.0 Å². The van der Waals surface area contributed by atoms with Crippen molar-refractivity contribution in [3.63, 3.8) is 0 Å². The summed E-state index contributed by atoms with van der Waals surface area (Å²) in [5.41, 5.74) is 3.57. The monoisotopic (exact) mass is 331 g/mol. The number of thioether (sulfide) groups is 1. The van der Waals surface area contributed by atoms with Crippen molar-refractivity contribution in [1.29, 1.82) is 0 Å². The number of hydrogen-bond acceptors (Lipinski definition) is 6. The van der Waals surface area contributed by atoms with Crippen LogP contribution in [0.3, 0.4) is 0 Å². The highest BCUT2D eigenvalue weighted by molar-refractivity contribution is 7.99. The third-order valence-corrected chi connectivity index (χ3v) is 5.54. The van der Waals surface area contributed by atoms with Gasteiger partial charge in [0.25, 0.3) is 0 Å². The first kappa shape index (κ1) is 15.2. The fourth-order valence-corrected chi connectivity index (χ4v) is 3.97. The number of aryl methyl sites for hydroxylation is 3. The molecule has 22 heavy (non-hydrogen) atoms. The molecular formula is C15H17N5S2. The van der Waals surface area contributed by atoms with Gasteiger partial charge in [-0.15, -0.1) is 31.7 Å². The molecule has 0 aliphatic heterocycles. The van der Waals surface area contributed by atoms with Crippen LogP contribution in [0.15, 0.2) is 29.7 Å². The minimum Gasteiger partial charge on any atom is -0.276 e. The molecule has 0 bridgehead atoms. The number of rotatable bonds is 4. The molecule has 3 aromatic rings. The molecule has 0 spiro atoms. The summed E-state index contributed by atoms with van der Waals surface area (Å²) in [6.07, 6.45) is 1.76. The van der Waals surface area contributed by atoms with E-state index in [2.05, 4.69) is 59.4 Å². The van der Waals surface area contributed by atoms with E-state index in [1.165, 1.54) is 11.1 Å². The van der Waals surface area contributed by atoms with Crippen molar-refractivity contribution in [2.75, 3.05) is 0 Å². The lowest BCUT2D eigenvalue weighted by Crippen LogP contribution is -1.99. The van der Waals surface area contributed by atoms with Gasteiger partial charge in [-0.3, -0.25) is 4.57 Å². The average Bonchev–Trinajstić information content (AvgIpc) is 3.08. The third-order valence-electron chi connectivity index (χ3n) is 3.30. The summed E-state index contributed by atoms with van der Waals surface area (Å²) in [4.78, 5) is 0. The largest absolute Gasteiger partial charge is 0.276 e. The molecule has 0 fully saturated rings. The van der Waals surface area contributed by atoms with E-state index in [9.17, 15) is 0 Å². The molecule has 0 saturated carbocycles. The smallest absolute Gasteiger partial charge is 0.196 e. The quantitative estimate of drug-likeness (QED) is 0.679. The highest BCUT2D eigenvalue weighted by atomic mass is 32.2. The van der Waals surface area contributed by atoms with Crippen LogP contribution < -0.4 is 0 Å². The van der Waals surface area contributed by atoms with Gasteiger partial charge in [0.2, 0.25) is 0 Å². The van der Waals surface area contributed by atoms with Gasteiger partial charge in [0.15, 0.2) is 5.16 Å². The summed E-state index contributed by atoms with van der Waals surface area (Å²) in [6.45, 7) is 8.29. The third kappa shape index (κ3) is 3.05. The van der Waals surface area contributed by atoms with Crippen molar-refractivity contribution in [1.82, 2.24) is 25.0 Å². The number of benzene rings is 1. The number of hydrogen-bond donors (Lipinski definition) is 0. The van der Waals surface area contributed by atoms with Gasteiger partial charge in [-0.2, -0.15) is 0 Å². The molecule has 1 atom stereocenters. The summed E-state index contributed by atoms with van der Waals surface area (Å²) < 4.78 is 2.03. The van der Waals surface area contributed by atoms with Crippen LogP contribution in [0.4, 0.5) is 0 Å². The summed E-state index contributed by atoms with van der Waals surface area (Å²) >= 11 is 3.27. The van der Waals surface area contributed by atoms with Crippen LogP contribution in [0.5, 0.6) is 0 Å². The zero-order valence-corrected chi connectivity index (χ0v) is 14.6. The number of nitrogens with zero attached hydrogens (tertiary/aromatic N) is 5. The Bertz CT molecular complexity index is 793. The second-order valence-corrected chi connectivity index (χ2v) is 7.71. The van der Waals surface area contributed by atoms with Crippen LogP contribution in [0, 0.1) is 20.8 Å². The summed E-state index contributed by atoms with van der Waals surface area (Å²) in [7, 11) is 0. The van der Waals surface area contributed by atoms with Crippen LogP contribution in [0.2, 0.25) is 0 Å². The van der Waals surface area contributed by atoms with Crippen molar-refractivity contribution >= 4 is 23.1 Å². The van der Waals surface area contributed by atoms with Gasteiger partial charge >= 0.3 is 0 Å². The Morgan fingerprint density at radius 1 is 1.14 bits per heavy atom. The first-order valence-electron chi connectivity index (χ1n) is 6.99. The molecule has 1 aromatic carbocycles. The minimum absolute atomic E-state index is 0.194. The lowest BCUT2D eigenvalue weighted by molar-refractivity contribution is 0.865. The molecule has 0 aliphatic rings. The molecule has 1 unspecified atom stereocenters. The van der Waals surface area contributed by atoms with Gasteiger partial charge in [-0.25, -0.2) is 0 Å². The first-order valence-corrected chi connectivity index (χ1v) is 8.68. The Morgan fingerprint density at radius 2 is 1.95 bits per heavy atom. The molecular weight excluding hydrogens is 314 g/mol. The molecule has 5 nitrogen and oxygen atoms in total. The molecule has 0 N–H and O–H groups in total. The van der Waals surface area contributed by atoms with Gasteiger partial charge in [-0.1, -0.05) is 29.5 Å². The number of aromatic nitrogens is 5. The summed E-state index contributed by atoms with van der Waals surface area (Å²) in [5, 5.41) is 19.7.